The van der Waals surface area contributed by atoms with Gasteiger partial charge < -0.3 is 4.74 Å². The standard InChI is InChI=1S/C24H32O2/c1-6-7-16-26-23(25)22(17-19-10-8-18(2)9-11-19)20-12-14-21(15-13-20)24(3,4)5/h8-15,22H,6-7,16-17H2,1-5H3. The van der Waals surface area contributed by atoms with Gasteiger partial charge in [-0.25, -0.2) is 0 Å². The van der Waals surface area contributed by atoms with Gasteiger partial charge in [0.25, 0.3) is 0 Å². The molecule has 140 valence electrons. The number of carbonyl (C=O) groups is 1. The van der Waals surface area contributed by atoms with Crippen LogP contribution in [0, 0.1) is 6.92 Å². The van der Waals surface area contributed by atoms with Gasteiger partial charge in [0.15, 0.2) is 0 Å². The van der Waals surface area contributed by atoms with E-state index in [-0.39, 0.29) is 17.3 Å². The van der Waals surface area contributed by atoms with Crippen molar-refractivity contribution in [1.82, 2.24) is 0 Å². The molecule has 0 aromatic heterocycles. The van der Waals surface area contributed by atoms with Crippen LogP contribution in [0.15, 0.2) is 48.5 Å². The Kier molecular flexibility index (Phi) is 7.02. The zero-order valence-electron chi connectivity index (χ0n) is 16.8. The molecule has 0 saturated carbocycles. The first-order chi connectivity index (χ1) is 12.3. The average Bonchev–Trinajstić information content (AvgIpc) is 2.61. The molecule has 1 atom stereocenters. The molecule has 0 aliphatic heterocycles. The highest BCUT2D eigenvalue weighted by atomic mass is 16.5. The summed E-state index contributed by atoms with van der Waals surface area (Å²) in [4.78, 5) is 12.7. The average molecular weight is 353 g/mol. The van der Waals surface area contributed by atoms with E-state index in [0.717, 1.165) is 24.0 Å². The molecule has 2 aromatic carbocycles. The summed E-state index contributed by atoms with van der Waals surface area (Å²) in [5.41, 5.74) is 4.79. The van der Waals surface area contributed by atoms with Crippen LogP contribution >= 0.6 is 0 Å². The van der Waals surface area contributed by atoms with Gasteiger partial charge in [0.2, 0.25) is 0 Å². The minimum Gasteiger partial charge on any atom is -0.465 e. The second-order valence-electron chi connectivity index (χ2n) is 8.14. The summed E-state index contributed by atoms with van der Waals surface area (Å²) in [6.07, 6.45) is 2.60. The van der Waals surface area contributed by atoms with Gasteiger partial charge in [0, 0.05) is 0 Å². The Morgan fingerprint density at radius 1 is 1.00 bits per heavy atom. The third kappa shape index (κ3) is 5.72. The number of ether oxygens (including phenoxy) is 1. The maximum absolute atomic E-state index is 12.7. The summed E-state index contributed by atoms with van der Waals surface area (Å²) in [5.74, 6) is -0.383. The van der Waals surface area contributed by atoms with Crippen LogP contribution in [0.2, 0.25) is 0 Å². The van der Waals surface area contributed by atoms with Gasteiger partial charge in [0.05, 0.1) is 12.5 Å². The number of hydrogen-bond acceptors (Lipinski definition) is 2. The molecule has 0 fully saturated rings. The van der Waals surface area contributed by atoms with Gasteiger partial charge in [-0.3, -0.25) is 4.79 Å². The molecule has 0 spiro atoms. The highest BCUT2D eigenvalue weighted by molar-refractivity contribution is 5.78. The fourth-order valence-electron chi connectivity index (χ4n) is 2.93. The van der Waals surface area contributed by atoms with Crippen molar-refractivity contribution >= 4 is 5.97 Å². The van der Waals surface area contributed by atoms with E-state index in [1.54, 1.807) is 0 Å². The van der Waals surface area contributed by atoms with E-state index in [9.17, 15) is 4.79 Å². The van der Waals surface area contributed by atoms with Crippen molar-refractivity contribution in [1.29, 1.82) is 0 Å². The Bertz CT molecular complexity index is 690. The lowest BCUT2D eigenvalue weighted by molar-refractivity contribution is -0.145. The molecule has 0 aliphatic carbocycles. The molecule has 0 N–H and O–H groups in total. The third-order valence-electron chi connectivity index (χ3n) is 4.77. The minimum atomic E-state index is -0.261. The molecule has 0 aliphatic rings. The lowest BCUT2D eigenvalue weighted by atomic mass is 9.84. The summed E-state index contributed by atoms with van der Waals surface area (Å²) in [6.45, 7) is 11.3. The van der Waals surface area contributed by atoms with Crippen LogP contribution in [-0.4, -0.2) is 12.6 Å². The topological polar surface area (TPSA) is 26.3 Å². The Balaban J connectivity index is 2.24. The van der Waals surface area contributed by atoms with Crippen LogP contribution < -0.4 is 0 Å². The van der Waals surface area contributed by atoms with Gasteiger partial charge in [-0.1, -0.05) is 88.2 Å². The molecule has 0 saturated heterocycles. The SMILES string of the molecule is CCCCOC(=O)C(Cc1ccc(C)cc1)c1ccc(C(C)(C)C)cc1. The summed E-state index contributed by atoms with van der Waals surface area (Å²) < 4.78 is 5.55. The second kappa shape index (κ2) is 9.02. The van der Waals surface area contributed by atoms with Crippen molar-refractivity contribution in [3.63, 3.8) is 0 Å². The van der Waals surface area contributed by atoms with Crippen LogP contribution in [0.3, 0.4) is 0 Å². The highest BCUT2D eigenvalue weighted by Crippen LogP contribution is 2.27. The maximum Gasteiger partial charge on any atom is 0.313 e. The van der Waals surface area contributed by atoms with Gasteiger partial charge in [0.1, 0.15) is 0 Å². The Hall–Kier alpha value is -2.09. The molecule has 2 heteroatoms. The zero-order chi connectivity index (χ0) is 19.2. The predicted octanol–water partition coefficient (Wildman–Crippen LogP) is 5.96. The molecule has 2 aromatic rings. The zero-order valence-corrected chi connectivity index (χ0v) is 16.8. The van der Waals surface area contributed by atoms with Crippen LogP contribution in [0.25, 0.3) is 0 Å². The van der Waals surface area contributed by atoms with Crippen LogP contribution in [0.1, 0.15) is 68.7 Å². The molecule has 2 rings (SSSR count). The van der Waals surface area contributed by atoms with Gasteiger partial charge in [-0.05, 0) is 41.9 Å². The number of esters is 1. The lowest BCUT2D eigenvalue weighted by Gasteiger charge is -2.21. The fraction of sp³-hybridized carbons (Fsp3) is 0.458. The van der Waals surface area contributed by atoms with E-state index in [4.69, 9.17) is 4.74 Å². The van der Waals surface area contributed by atoms with Crippen molar-refractivity contribution in [3.8, 4) is 0 Å². The monoisotopic (exact) mass is 352 g/mol. The third-order valence-corrected chi connectivity index (χ3v) is 4.77. The lowest BCUT2D eigenvalue weighted by Crippen LogP contribution is -2.19. The molecular weight excluding hydrogens is 320 g/mol. The van der Waals surface area contributed by atoms with Crippen molar-refractivity contribution in [2.75, 3.05) is 6.61 Å². The second-order valence-corrected chi connectivity index (χ2v) is 8.14. The smallest absolute Gasteiger partial charge is 0.313 e. The summed E-state index contributed by atoms with van der Waals surface area (Å²) in [6, 6.07) is 16.8. The molecule has 26 heavy (non-hydrogen) atoms. The quantitative estimate of drug-likeness (QED) is 0.454. The number of rotatable bonds is 7. The molecule has 0 radical (unpaired) electrons. The van der Waals surface area contributed by atoms with Crippen LogP contribution in [-0.2, 0) is 21.4 Å². The molecule has 1 unspecified atom stereocenters. The molecule has 0 amide bonds. The minimum absolute atomic E-state index is 0.104. The summed E-state index contributed by atoms with van der Waals surface area (Å²) in [5, 5.41) is 0. The van der Waals surface area contributed by atoms with E-state index in [0.29, 0.717) is 13.0 Å². The van der Waals surface area contributed by atoms with E-state index in [2.05, 4.69) is 83.1 Å². The largest absolute Gasteiger partial charge is 0.465 e. The first-order valence-corrected chi connectivity index (χ1v) is 9.64. The Labute approximate surface area is 158 Å². The van der Waals surface area contributed by atoms with Gasteiger partial charge in [-0.2, -0.15) is 0 Å². The Morgan fingerprint density at radius 3 is 2.15 bits per heavy atom. The van der Waals surface area contributed by atoms with Crippen molar-refractivity contribution in [2.24, 2.45) is 0 Å². The van der Waals surface area contributed by atoms with Crippen molar-refractivity contribution in [3.05, 3.63) is 70.8 Å². The van der Waals surface area contributed by atoms with Crippen LogP contribution in [0.4, 0.5) is 0 Å². The Morgan fingerprint density at radius 2 is 1.62 bits per heavy atom. The van der Waals surface area contributed by atoms with Gasteiger partial charge in [-0.15, -0.1) is 0 Å². The molecule has 0 bridgehead atoms. The van der Waals surface area contributed by atoms with E-state index < -0.39 is 0 Å². The number of unbranched alkanes of at least 4 members (excludes halogenated alkanes) is 1. The highest BCUT2D eigenvalue weighted by Gasteiger charge is 2.23. The van der Waals surface area contributed by atoms with E-state index in [1.165, 1.54) is 11.1 Å². The number of carbonyl (C=O) groups excluding carboxylic acids is 1. The van der Waals surface area contributed by atoms with Gasteiger partial charge >= 0.3 is 5.97 Å². The van der Waals surface area contributed by atoms with E-state index >= 15 is 0 Å². The van der Waals surface area contributed by atoms with Crippen molar-refractivity contribution in [2.45, 2.75) is 65.2 Å². The maximum atomic E-state index is 12.7. The fourth-order valence-corrected chi connectivity index (χ4v) is 2.93. The summed E-state index contributed by atoms with van der Waals surface area (Å²) in [7, 11) is 0. The summed E-state index contributed by atoms with van der Waals surface area (Å²) >= 11 is 0. The number of aryl methyl sites for hydroxylation is 1. The van der Waals surface area contributed by atoms with Crippen molar-refractivity contribution < 1.29 is 9.53 Å². The molecule has 0 heterocycles. The number of benzene rings is 2. The van der Waals surface area contributed by atoms with E-state index in [1.807, 2.05) is 0 Å². The normalized spacial score (nSPS) is 12.7. The number of hydrogen-bond donors (Lipinski definition) is 0. The molecular formula is C24H32O2. The van der Waals surface area contributed by atoms with Crippen LogP contribution in [0.5, 0.6) is 0 Å². The molecule has 2 nitrogen and oxygen atoms in total. The first kappa shape index (κ1) is 20.2. The predicted molar refractivity (Wildman–Crippen MR) is 109 cm³/mol. The first-order valence-electron chi connectivity index (χ1n) is 9.64.